The van der Waals surface area contributed by atoms with Gasteiger partial charge in [0.05, 0.1) is 0 Å². The maximum atomic E-state index is 5.31. The van der Waals surface area contributed by atoms with E-state index in [1.165, 1.54) is 32.1 Å². The van der Waals surface area contributed by atoms with Crippen molar-refractivity contribution in [3.63, 3.8) is 0 Å². The summed E-state index contributed by atoms with van der Waals surface area (Å²) in [5.41, 5.74) is 0. The number of thiocarbonyl (C=S) groups is 1. The van der Waals surface area contributed by atoms with Crippen LogP contribution in [0, 0.1) is 11.8 Å². The molecule has 0 aromatic rings. The van der Waals surface area contributed by atoms with Crippen molar-refractivity contribution in [2.45, 2.75) is 58.0 Å². The van der Waals surface area contributed by atoms with Crippen LogP contribution in [-0.2, 0) is 0 Å². The molecule has 0 radical (unpaired) electrons. The molecule has 0 amide bonds. The molecule has 0 heterocycles. The molecule has 2 saturated carbocycles. The average molecular weight is 226 g/mol. The molecule has 2 nitrogen and oxygen atoms in total. The van der Waals surface area contributed by atoms with E-state index >= 15 is 0 Å². The first kappa shape index (κ1) is 11.2. The van der Waals surface area contributed by atoms with Gasteiger partial charge in [0.25, 0.3) is 0 Å². The highest BCUT2D eigenvalue weighted by molar-refractivity contribution is 7.80. The van der Waals surface area contributed by atoms with E-state index in [2.05, 4.69) is 24.5 Å². The van der Waals surface area contributed by atoms with Crippen molar-refractivity contribution in [3.05, 3.63) is 0 Å². The maximum Gasteiger partial charge on any atom is 0.166 e. The smallest absolute Gasteiger partial charge is 0.166 e. The van der Waals surface area contributed by atoms with Crippen LogP contribution in [0.2, 0.25) is 0 Å². The molecule has 0 saturated heterocycles. The van der Waals surface area contributed by atoms with Crippen LogP contribution >= 0.6 is 12.2 Å². The summed E-state index contributed by atoms with van der Waals surface area (Å²) in [5, 5.41) is 7.71. The number of hydrogen-bond acceptors (Lipinski definition) is 1. The number of rotatable bonds is 2. The molecule has 2 fully saturated rings. The largest absolute Gasteiger partial charge is 0.360 e. The maximum absolute atomic E-state index is 5.31. The SMILES string of the molecule is CC1CCC(NC(=S)NC2CC2)C(C)C1. The zero-order valence-corrected chi connectivity index (χ0v) is 10.6. The molecule has 15 heavy (non-hydrogen) atoms. The molecule has 0 aliphatic heterocycles. The summed E-state index contributed by atoms with van der Waals surface area (Å²) in [5.74, 6) is 1.65. The van der Waals surface area contributed by atoms with Crippen LogP contribution < -0.4 is 10.6 Å². The Labute approximate surface area is 98.2 Å². The lowest BCUT2D eigenvalue weighted by Gasteiger charge is -2.33. The highest BCUT2D eigenvalue weighted by Gasteiger charge is 2.27. The zero-order valence-electron chi connectivity index (χ0n) is 9.75. The summed E-state index contributed by atoms with van der Waals surface area (Å²) in [6.07, 6.45) is 6.53. The third kappa shape index (κ3) is 3.33. The third-order valence-electron chi connectivity index (χ3n) is 3.66. The van der Waals surface area contributed by atoms with Crippen LogP contribution in [0.5, 0.6) is 0 Å². The van der Waals surface area contributed by atoms with Gasteiger partial charge in [-0.05, 0) is 56.2 Å². The Morgan fingerprint density at radius 1 is 1.07 bits per heavy atom. The van der Waals surface area contributed by atoms with Crippen molar-refractivity contribution >= 4 is 17.3 Å². The van der Waals surface area contributed by atoms with Crippen LogP contribution in [-0.4, -0.2) is 17.2 Å². The van der Waals surface area contributed by atoms with Gasteiger partial charge < -0.3 is 10.6 Å². The Bertz CT molecular complexity index is 238. The van der Waals surface area contributed by atoms with Gasteiger partial charge >= 0.3 is 0 Å². The number of hydrogen-bond donors (Lipinski definition) is 2. The summed E-state index contributed by atoms with van der Waals surface area (Å²) >= 11 is 5.31. The van der Waals surface area contributed by atoms with Gasteiger partial charge in [0.2, 0.25) is 0 Å². The van der Waals surface area contributed by atoms with E-state index in [0.717, 1.165) is 16.9 Å². The molecule has 0 bridgehead atoms. The predicted octanol–water partition coefficient (Wildman–Crippen LogP) is 2.44. The van der Waals surface area contributed by atoms with Gasteiger partial charge in [-0.25, -0.2) is 0 Å². The van der Waals surface area contributed by atoms with Gasteiger partial charge in [0, 0.05) is 12.1 Å². The molecule has 2 rings (SSSR count). The molecule has 3 atom stereocenters. The second kappa shape index (κ2) is 4.69. The Kier molecular flexibility index (Phi) is 3.49. The van der Waals surface area contributed by atoms with E-state index in [4.69, 9.17) is 12.2 Å². The second-order valence-electron chi connectivity index (χ2n) is 5.39. The minimum atomic E-state index is 0.597. The van der Waals surface area contributed by atoms with Crippen molar-refractivity contribution in [3.8, 4) is 0 Å². The second-order valence-corrected chi connectivity index (χ2v) is 5.80. The van der Waals surface area contributed by atoms with Crippen molar-refractivity contribution in [1.82, 2.24) is 10.6 Å². The Morgan fingerprint density at radius 3 is 2.40 bits per heavy atom. The van der Waals surface area contributed by atoms with Crippen LogP contribution in [0.25, 0.3) is 0 Å². The minimum absolute atomic E-state index is 0.597. The molecule has 0 spiro atoms. The summed E-state index contributed by atoms with van der Waals surface area (Å²) < 4.78 is 0. The molecule has 3 unspecified atom stereocenters. The van der Waals surface area contributed by atoms with Crippen molar-refractivity contribution in [1.29, 1.82) is 0 Å². The van der Waals surface area contributed by atoms with Crippen molar-refractivity contribution in [2.24, 2.45) is 11.8 Å². The van der Waals surface area contributed by atoms with Crippen molar-refractivity contribution in [2.75, 3.05) is 0 Å². The molecule has 2 N–H and O–H groups in total. The molecular weight excluding hydrogens is 204 g/mol. The van der Waals surface area contributed by atoms with E-state index in [-0.39, 0.29) is 0 Å². The normalized spacial score (nSPS) is 36.0. The molecule has 2 aliphatic rings. The lowest BCUT2D eigenvalue weighted by atomic mass is 9.80. The summed E-state index contributed by atoms with van der Waals surface area (Å²) in [6, 6.07) is 1.27. The first-order chi connectivity index (χ1) is 7.15. The van der Waals surface area contributed by atoms with Gasteiger partial charge in [0.1, 0.15) is 0 Å². The number of nitrogens with one attached hydrogen (secondary N) is 2. The monoisotopic (exact) mass is 226 g/mol. The average Bonchev–Trinajstić information content (AvgIpc) is 2.94. The standard InChI is InChI=1S/C12H22N2S/c1-8-3-6-11(9(2)7-8)14-12(15)13-10-4-5-10/h8-11H,3-7H2,1-2H3,(H2,13,14,15). The zero-order chi connectivity index (χ0) is 10.8. The minimum Gasteiger partial charge on any atom is -0.360 e. The quantitative estimate of drug-likeness (QED) is 0.707. The highest BCUT2D eigenvalue weighted by Crippen LogP contribution is 2.28. The molecule has 2 aliphatic carbocycles. The van der Waals surface area contributed by atoms with Gasteiger partial charge in [-0.3, -0.25) is 0 Å². The van der Waals surface area contributed by atoms with Crippen LogP contribution in [0.3, 0.4) is 0 Å². The van der Waals surface area contributed by atoms with Crippen LogP contribution in [0.15, 0.2) is 0 Å². The topological polar surface area (TPSA) is 24.1 Å². The summed E-state index contributed by atoms with van der Waals surface area (Å²) in [4.78, 5) is 0. The Morgan fingerprint density at radius 2 is 1.80 bits per heavy atom. The highest BCUT2D eigenvalue weighted by atomic mass is 32.1. The van der Waals surface area contributed by atoms with E-state index in [9.17, 15) is 0 Å². The van der Waals surface area contributed by atoms with Gasteiger partial charge in [-0.15, -0.1) is 0 Å². The van der Waals surface area contributed by atoms with Gasteiger partial charge in [-0.2, -0.15) is 0 Å². The third-order valence-corrected chi connectivity index (χ3v) is 3.90. The lowest BCUT2D eigenvalue weighted by molar-refractivity contribution is 0.247. The Hall–Kier alpha value is -0.310. The van der Waals surface area contributed by atoms with E-state index < -0.39 is 0 Å². The first-order valence-corrected chi connectivity index (χ1v) is 6.63. The van der Waals surface area contributed by atoms with E-state index in [0.29, 0.717) is 12.1 Å². The molecule has 86 valence electrons. The Balaban J connectivity index is 1.75. The van der Waals surface area contributed by atoms with E-state index in [1.807, 2.05) is 0 Å². The van der Waals surface area contributed by atoms with Gasteiger partial charge in [-0.1, -0.05) is 13.8 Å². The summed E-state index contributed by atoms with van der Waals surface area (Å²) in [6.45, 7) is 4.69. The fourth-order valence-corrected chi connectivity index (χ4v) is 2.82. The van der Waals surface area contributed by atoms with E-state index in [1.54, 1.807) is 0 Å². The molecular formula is C12H22N2S. The first-order valence-electron chi connectivity index (χ1n) is 6.22. The van der Waals surface area contributed by atoms with Crippen LogP contribution in [0.1, 0.15) is 46.0 Å². The molecule has 3 heteroatoms. The molecule has 0 aromatic heterocycles. The van der Waals surface area contributed by atoms with Gasteiger partial charge in [0.15, 0.2) is 5.11 Å². The molecule has 0 aromatic carbocycles. The fourth-order valence-electron chi connectivity index (χ4n) is 2.50. The lowest BCUT2D eigenvalue weighted by Crippen LogP contribution is -2.47. The van der Waals surface area contributed by atoms with Crippen molar-refractivity contribution < 1.29 is 0 Å². The fraction of sp³-hybridized carbons (Fsp3) is 0.917. The van der Waals surface area contributed by atoms with Crippen LogP contribution in [0.4, 0.5) is 0 Å². The predicted molar refractivity (Wildman–Crippen MR) is 67.9 cm³/mol. The summed E-state index contributed by atoms with van der Waals surface area (Å²) in [7, 11) is 0.